The van der Waals surface area contributed by atoms with Gasteiger partial charge < -0.3 is 0 Å². The minimum absolute atomic E-state index is 0.0643. The molecular formula is C11H8N6O5S. The second-order valence-corrected chi connectivity index (χ2v) is 5.86. The van der Waals surface area contributed by atoms with Crippen molar-refractivity contribution in [2.24, 2.45) is 20.2 Å². The molecule has 23 heavy (non-hydrogen) atoms. The van der Waals surface area contributed by atoms with Crippen LogP contribution in [0.1, 0.15) is 0 Å². The Hall–Kier alpha value is -2.99. The summed E-state index contributed by atoms with van der Waals surface area (Å²) in [5.41, 5.74) is 0.281. The molecule has 3 rings (SSSR count). The van der Waals surface area contributed by atoms with Crippen LogP contribution in [0.15, 0.2) is 49.4 Å². The second kappa shape index (κ2) is 5.33. The molecule has 3 N–H and O–H groups in total. The number of carbonyl (C=O) groups is 2. The van der Waals surface area contributed by atoms with Crippen LogP contribution in [-0.2, 0) is 14.9 Å². The molecule has 1 aromatic carbocycles. The van der Waals surface area contributed by atoms with Crippen LogP contribution >= 0.6 is 0 Å². The number of nitrogens with zero attached hydrogens (tertiary/aromatic N) is 4. The highest BCUT2D eigenvalue weighted by Crippen LogP contribution is 2.17. The number of benzene rings is 1. The van der Waals surface area contributed by atoms with E-state index in [2.05, 4.69) is 25.5 Å². The van der Waals surface area contributed by atoms with Gasteiger partial charge in [0.15, 0.2) is 6.04 Å². The molecule has 0 aliphatic carbocycles. The predicted octanol–water partition coefficient (Wildman–Crippen LogP) is -0.00690. The van der Waals surface area contributed by atoms with Crippen molar-refractivity contribution in [1.82, 2.24) is 10.6 Å². The van der Waals surface area contributed by atoms with Crippen molar-refractivity contribution in [3.63, 3.8) is 0 Å². The third-order valence-corrected chi connectivity index (χ3v) is 3.71. The van der Waals surface area contributed by atoms with E-state index in [1.54, 1.807) is 0 Å². The number of carbonyl (C=O) groups excluding carboxylic acids is 2. The smallest absolute Gasteiger partial charge is 0.293 e. The van der Waals surface area contributed by atoms with Crippen molar-refractivity contribution in [3.05, 3.63) is 24.3 Å². The zero-order chi connectivity index (χ0) is 16.6. The van der Waals surface area contributed by atoms with Crippen LogP contribution in [0.2, 0.25) is 0 Å². The molecule has 2 aliphatic rings. The van der Waals surface area contributed by atoms with Crippen LogP contribution in [0, 0.1) is 0 Å². The number of fused-ring (bicyclic) bond motifs is 1. The lowest BCUT2D eigenvalue weighted by atomic mass is 10.2. The normalized spacial score (nSPS) is 20.7. The number of amidine groups is 1. The van der Waals surface area contributed by atoms with E-state index in [4.69, 9.17) is 4.55 Å². The molecule has 3 amide bonds. The summed E-state index contributed by atoms with van der Waals surface area (Å²) in [5.74, 6) is -0.661. The average molecular weight is 336 g/mol. The Morgan fingerprint density at radius 3 is 2.43 bits per heavy atom. The summed E-state index contributed by atoms with van der Waals surface area (Å²) in [7, 11) is -4.28. The first-order valence-corrected chi connectivity index (χ1v) is 7.54. The van der Waals surface area contributed by atoms with E-state index in [0.717, 1.165) is 12.1 Å². The van der Waals surface area contributed by atoms with E-state index >= 15 is 0 Å². The van der Waals surface area contributed by atoms with Gasteiger partial charge in [0, 0.05) is 0 Å². The van der Waals surface area contributed by atoms with E-state index < -0.39 is 28.1 Å². The van der Waals surface area contributed by atoms with E-state index in [9.17, 15) is 18.0 Å². The molecule has 0 bridgehead atoms. The number of hydrogen-bond acceptors (Lipinski definition) is 8. The largest absolute Gasteiger partial charge is 0.326 e. The molecule has 0 radical (unpaired) electrons. The number of aliphatic imine (C=N–C) groups is 2. The number of rotatable bonds is 2. The Bertz CT molecular complexity index is 886. The van der Waals surface area contributed by atoms with Gasteiger partial charge in [0.1, 0.15) is 5.84 Å². The Morgan fingerprint density at radius 2 is 1.78 bits per heavy atom. The van der Waals surface area contributed by atoms with Crippen LogP contribution in [0.3, 0.4) is 0 Å². The Balaban J connectivity index is 1.78. The fourth-order valence-electron chi connectivity index (χ4n) is 1.82. The Morgan fingerprint density at radius 1 is 1.09 bits per heavy atom. The first-order chi connectivity index (χ1) is 10.8. The molecule has 0 spiro atoms. The predicted molar refractivity (Wildman–Crippen MR) is 76.1 cm³/mol. The van der Waals surface area contributed by atoms with E-state index in [0.29, 0.717) is 0 Å². The number of azo groups is 1. The van der Waals surface area contributed by atoms with Gasteiger partial charge in [-0.05, 0) is 24.3 Å². The summed E-state index contributed by atoms with van der Waals surface area (Å²) >= 11 is 0. The summed E-state index contributed by atoms with van der Waals surface area (Å²) in [4.78, 5) is 30.1. The Labute approximate surface area is 129 Å². The summed E-state index contributed by atoms with van der Waals surface area (Å²) in [6, 6.07) is 3.27. The maximum Gasteiger partial charge on any atom is 0.326 e. The van der Waals surface area contributed by atoms with Crippen LogP contribution in [0.4, 0.5) is 10.5 Å². The van der Waals surface area contributed by atoms with Crippen molar-refractivity contribution >= 4 is 39.5 Å². The standard InChI is InChI=1S/C11H8N6O5S/c18-9-7-8(14-11(19)15-9)13-10(12-7)17-16-5-1-3-6(4-2-5)23(20,21)22/h1-4,7H,(H,20,21,22)(H2,12,13,14,15,18,19). The molecular weight excluding hydrogens is 328 g/mol. The monoisotopic (exact) mass is 336 g/mol. The molecule has 2 heterocycles. The van der Waals surface area contributed by atoms with Crippen molar-refractivity contribution in [1.29, 1.82) is 0 Å². The lowest BCUT2D eigenvalue weighted by molar-refractivity contribution is -0.120. The van der Waals surface area contributed by atoms with Crippen LogP contribution in [0.25, 0.3) is 0 Å². The summed E-state index contributed by atoms with van der Waals surface area (Å²) < 4.78 is 30.7. The van der Waals surface area contributed by atoms with Crippen molar-refractivity contribution in [3.8, 4) is 0 Å². The summed E-state index contributed by atoms with van der Waals surface area (Å²) in [5, 5.41) is 11.9. The average Bonchev–Trinajstić information content (AvgIpc) is 2.88. The van der Waals surface area contributed by atoms with Crippen molar-refractivity contribution < 1.29 is 22.6 Å². The number of amides is 3. The second-order valence-electron chi connectivity index (χ2n) is 4.44. The highest BCUT2D eigenvalue weighted by molar-refractivity contribution is 7.85. The number of guanidine groups is 1. The van der Waals surface area contributed by atoms with Crippen LogP contribution in [0.5, 0.6) is 0 Å². The van der Waals surface area contributed by atoms with Gasteiger partial charge in [0.25, 0.3) is 22.0 Å². The fraction of sp³-hybridized carbons (Fsp3) is 0.0909. The van der Waals surface area contributed by atoms with E-state index in [-0.39, 0.29) is 22.4 Å². The Kier molecular flexibility index (Phi) is 3.46. The number of nitrogens with one attached hydrogen (secondary N) is 2. The number of hydrogen-bond donors (Lipinski definition) is 3. The fourth-order valence-corrected chi connectivity index (χ4v) is 2.30. The van der Waals surface area contributed by atoms with Crippen LogP contribution in [-0.4, -0.2) is 42.7 Å². The molecule has 1 fully saturated rings. The molecule has 1 atom stereocenters. The lowest BCUT2D eigenvalue weighted by Crippen LogP contribution is -2.57. The van der Waals surface area contributed by atoms with Crippen molar-refractivity contribution in [2.45, 2.75) is 10.9 Å². The maximum atomic E-state index is 11.5. The number of imide groups is 1. The van der Waals surface area contributed by atoms with Crippen LogP contribution < -0.4 is 10.6 Å². The molecule has 1 aromatic rings. The minimum atomic E-state index is -4.28. The van der Waals surface area contributed by atoms with Gasteiger partial charge in [-0.2, -0.15) is 13.4 Å². The molecule has 0 aromatic heterocycles. The first-order valence-electron chi connectivity index (χ1n) is 6.10. The van der Waals surface area contributed by atoms with E-state index in [1.165, 1.54) is 12.1 Å². The van der Waals surface area contributed by atoms with Gasteiger partial charge in [0.2, 0.25) is 0 Å². The molecule has 118 valence electrons. The van der Waals surface area contributed by atoms with Gasteiger partial charge in [0.05, 0.1) is 10.6 Å². The molecule has 2 aliphatic heterocycles. The third kappa shape index (κ3) is 3.12. The third-order valence-electron chi connectivity index (χ3n) is 2.84. The lowest BCUT2D eigenvalue weighted by Gasteiger charge is -2.16. The van der Waals surface area contributed by atoms with Gasteiger partial charge in [-0.1, -0.05) is 0 Å². The topological polar surface area (TPSA) is 162 Å². The zero-order valence-corrected chi connectivity index (χ0v) is 12.0. The van der Waals surface area contributed by atoms with Crippen molar-refractivity contribution in [2.75, 3.05) is 0 Å². The molecule has 1 saturated heterocycles. The highest BCUT2D eigenvalue weighted by atomic mass is 32.2. The van der Waals surface area contributed by atoms with Gasteiger partial charge in [-0.25, -0.2) is 9.79 Å². The highest BCUT2D eigenvalue weighted by Gasteiger charge is 2.36. The summed E-state index contributed by atoms with van der Waals surface area (Å²) in [6.45, 7) is 0. The molecule has 11 nitrogen and oxygen atoms in total. The quantitative estimate of drug-likeness (QED) is 0.510. The van der Waals surface area contributed by atoms with Gasteiger partial charge in [-0.3, -0.25) is 20.0 Å². The van der Waals surface area contributed by atoms with E-state index in [1.807, 2.05) is 5.32 Å². The SMILES string of the molecule is O=C1NC(=O)C2N=C(N=Nc3ccc(S(=O)(=O)O)cc3)N=C2N1. The molecule has 0 saturated carbocycles. The molecule has 12 heteroatoms. The molecule has 1 unspecified atom stereocenters. The first kappa shape index (κ1) is 14.9. The minimum Gasteiger partial charge on any atom is -0.293 e. The zero-order valence-electron chi connectivity index (χ0n) is 11.2. The summed E-state index contributed by atoms with van der Waals surface area (Å²) in [6.07, 6.45) is 0. The maximum absolute atomic E-state index is 11.5. The van der Waals surface area contributed by atoms with Gasteiger partial charge >= 0.3 is 6.03 Å². The number of urea groups is 1. The van der Waals surface area contributed by atoms with Gasteiger partial charge in [-0.15, -0.1) is 10.2 Å².